The first kappa shape index (κ1) is 14.4. The zero-order valence-electron chi connectivity index (χ0n) is 11.8. The minimum Gasteiger partial charge on any atom is -0.469 e. The normalized spacial score (nSPS) is 25.9. The fourth-order valence-electron chi connectivity index (χ4n) is 3.08. The fraction of sp³-hybridized carbons (Fsp3) is 0.562. The number of methoxy groups -OCH3 is 1. The van der Waals surface area contributed by atoms with E-state index in [2.05, 4.69) is 13.8 Å². The van der Waals surface area contributed by atoms with Crippen LogP contribution in [0.25, 0.3) is 0 Å². The molecule has 104 valence electrons. The molecule has 1 saturated carbocycles. The lowest BCUT2D eigenvalue weighted by atomic mass is 9.65. The molecule has 1 aliphatic carbocycles. The van der Waals surface area contributed by atoms with Crippen molar-refractivity contribution in [1.82, 2.24) is 0 Å². The van der Waals surface area contributed by atoms with Crippen molar-refractivity contribution in [1.29, 1.82) is 0 Å². The molecular formula is C16H21ClO2. The van der Waals surface area contributed by atoms with Gasteiger partial charge in [0.25, 0.3) is 0 Å². The molecule has 19 heavy (non-hydrogen) atoms. The summed E-state index contributed by atoms with van der Waals surface area (Å²) in [5, 5.41) is 0.730. The SMILES string of the molecule is COC(=O)C1CCC(C)(C)CC1c1ccc(Cl)cc1. The molecule has 1 aromatic rings. The Bertz CT molecular complexity index is 450. The van der Waals surface area contributed by atoms with E-state index in [1.165, 1.54) is 12.7 Å². The molecule has 2 atom stereocenters. The standard InChI is InChI=1S/C16H21ClO2/c1-16(2)9-8-13(15(18)19-3)14(10-16)11-4-6-12(17)7-5-11/h4-7,13-14H,8-10H2,1-3H3. The first-order valence-corrected chi connectivity index (χ1v) is 7.14. The molecule has 0 N–H and O–H groups in total. The number of halogens is 1. The van der Waals surface area contributed by atoms with E-state index in [0.717, 1.165) is 24.3 Å². The summed E-state index contributed by atoms with van der Waals surface area (Å²) in [5.74, 6) is 0.114. The minimum atomic E-state index is -0.0875. The van der Waals surface area contributed by atoms with E-state index in [4.69, 9.17) is 16.3 Å². The molecule has 1 aliphatic rings. The van der Waals surface area contributed by atoms with E-state index in [0.29, 0.717) is 0 Å². The van der Waals surface area contributed by atoms with Gasteiger partial charge in [-0.05, 0) is 48.3 Å². The second-order valence-electron chi connectivity index (χ2n) is 6.19. The molecule has 0 saturated heterocycles. The van der Waals surface area contributed by atoms with Crippen LogP contribution in [0.5, 0.6) is 0 Å². The molecule has 3 heteroatoms. The lowest BCUT2D eigenvalue weighted by Crippen LogP contribution is -2.33. The highest BCUT2D eigenvalue weighted by Crippen LogP contribution is 2.47. The Morgan fingerprint density at radius 2 is 1.95 bits per heavy atom. The predicted octanol–water partition coefficient (Wildman–Crippen LogP) is 4.42. The van der Waals surface area contributed by atoms with Crippen LogP contribution in [-0.4, -0.2) is 13.1 Å². The highest BCUT2D eigenvalue weighted by atomic mass is 35.5. The van der Waals surface area contributed by atoms with Crippen LogP contribution < -0.4 is 0 Å². The second-order valence-corrected chi connectivity index (χ2v) is 6.63. The van der Waals surface area contributed by atoms with E-state index in [-0.39, 0.29) is 23.2 Å². The summed E-state index contributed by atoms with van der Waals surface area (Å²) in [4.78, 5) is 12.0. The van der Waals surface area contributed by atoms with E-state index in [1.54, 1.807) is 0 Å². The maximum absolute atomic E-state index is 12.0. The largest absolute Gasteiger partial charge is 0.469 e. The molecular weight excluding hydrogens is 260 g/mol. The van der Waals surface area contributed by atoms with Crippen molar-refractivity contribution < 1.29 is 9.53 Å². The average Bonchev–Trinajstić information content (AvgIpc) is 2.38. The highest BCUT2D eigenvalue weighted by Gasteiger charge is 2.39. The van der Waals surface area contributed by atoms with Crippen molar-refractivity contribution in [2.75, 3.05) is 7.11 Å². The number of carbonyl (C=O) groups is 1. The molecule has 1 fully saturated rings. The summed E-state index contributed by atoms with van der Waals surface area (Å²) in [6.45, 7) is 4.53. The predicted molar refractivity (Wildman–Crippen MR) is 77.3 cm³/mol. The number of hydrogen-bond donors (Lipinski definition) is 0. The highest BCUT2D eigenvalue weighted by molar-refractivity contribution is 6.30. The lowest BCUT2D eigenvalue weighted by molar-refractivity contribution is -0.148. The Morgan fingerprint density at radius 1 is 1.32 bits per heavy atom. The monoisotopic (exact) mass is 280 g/mol. The van der Waals surface area contributed by atoms with E-state index >= 15 is 0 Å². The van der Waals surface area contributed by atoms with Gasteiger partial charge in [0.05, 0.1) is 13.0 Å². The van der Waals surface area contributed by atoms with Gasteiger partial charge in [0, 0.05) is 5.02 Å². The van der Waals surface area contributed by atoms with Crippen LogP contribution in [0, 0.1) is 11.3 Å². The third kappa shape index (κ3) is 3.30. The molecule has 2 rings (SSSR count). The third-order valence-electron chi connectivity index (χ3n) is 4.19. The molecule has 1 aromatic carbocycles. The molecule has 2 unspecified atom stereocenters. The van der Waals surface area contributed by atoms with Crippen LogP contribution in [-0.2, 0) is 9.53 Å². The Hall–Kier alpha value is -1.02. The van der Waals surface area contributed by atoms with Crippen molar-refractivity contribution >= 4 is 17.6 Å². The summed E-state index contributed by atoms with van der Waals surface area (Å²) in [6.07, 6.45) is 2.97. The maximum Gasteiger partial charge on any atom is 0.309 e. The zero-order chi connectivity index (χ0) is 14.0. The van der Waals surface area contributed by atoms with Gasteiger partial charge in [-0.15, -0.1) is 0 Å². The zero-order valence-corrected chi connectivity index (χ0v) is 12.5. The van der Waals surface area contributed by atoms with Crippen LogP contribution in [0.3, 0.4) is 0 Å². The molecule has 0 heterocycles. The Kier molecular flexibility index (Phi) is 4.19. The van der Waals surface area contributed by atoms with E-state index in [9.17, 15) is 4.79 Å². The van der Waals surface area contributed by atoms with Crippen LogP contribution in [0.1, 0.15) is 44.6 Å². The third-order valence-corrected chi connectivity index (χ3v) is 4.44. The van der Waals surface area contributed by atoms with E-state index < -0.39 is 0 Å². The summed E-state index contributed by atoms with van der Waals surface area (Å²) < 4.78 is 4.97. The lowest BCUT2D eigenvalue weighted by Gasteiger charge is -2.39. The average molecular weight is 281 g/mol. The van der Waals surface area contributed by atoms with Crippen molar-refractivity contribution in [2.24, 2.45) is 11.3 Å². The van der Waals surface area contributed by atoms with Gasteiger partial charge in [0.15, 0.2) is 0 Å². The first-order chi connectivity index (χ1) is 8.93. The molecule has 0 aliphatic heterocycles. The van der Waals surface area contributed by atoms with Crippen molar-refractivity contribution in [2.45, 2.75) is 39.0 Å². The smallest absolute Gasteiger partial charge is 0.309 e. The molecule has 0 bridgehead atoms. The van der Waals surface area contributed by atoms with Crippen molar-refractivity contribution in [3.8, 4) is 0 Å². The van der Waals surface area contributed by atoms with Gasteiger partial charge in [0.1, 0.15) is 0 Å². The molecule has 0 amide bonds. The Labute approximate surface area is 120 Å². The number of hydrogen-bond acceptors (Lipinski definition) is 2. The van der Waals surface area contributed by atoms with Crippen molar-refractivity contribution in [3.63, 3.8) is 0 Å². The van der Waals surface area contributed by atoms with Crippen LogP contribution in [0.2, 0.25) is 5.02 Å². The van der Waals surface area contributed by atoms with Gasteiger partial charge >= 0.3 is 5.97 Å². The summed E-state index contributed by atoms with van der Waals surface area (Å²) >= 11 is 5.94. The Balaban J connectivity index is 2.29. The van der Waals surface area contributed by atoms with Crippen LogP contribution in [0.4, 0.5) is 0 Å². The topological polar surface area (TPSA) is 26.3 Å². The maximum atomic E-state index is 12.0. The number of ether oxygens (including phenoxy) is 1. The fourth-order valence-corrected chi connectivity index (χ4v) is 3.21. The van der Waals surface area contributed by atoms with Gasteiger partial charge in [-0.3, -0.25) is 4.79 Å². The first-order valence-electron chi connectivity index (χ1n) is 6.76. The number of esters is 1. The number of benzene rings is 1. The number of rotatable bonds is 2. The summed E-state index contributed by atoms with van der Waals surface area (Å²) in [5.41, 5.74) is 1.46. The van der Waals surface area contributed by atoms with Gasteiger partial charge in [-0.25, -0.2) is 0 Å². The van der Waals surface area contributed by atoms with Gasteiger partial charge in [-0.2, -0.15) is 0 Å². The van der Waals surface area contributed by atoms with Crippen LogP contribution >= 0.6 is 11.6 Å². The van der Waals surface area contributed by atoms with Gasteiger partial charge in [0.2, 0.25) is 0 Å². The molecule has 0 radical (unpaired) electrons. The van der Waals surface area contributed by atoms with E-state index in [1.807, 2.05) is 24.3 Å². The molecule has 0 aromatic heterocycles. The summed E-state index contributed by atoms with van der Waals surface area (Å²) in [7, 11) is 1.47. The molecule has 0 spiro atoms. The number of carbonyl (C=O) groups excluding carboxylic acids is 1. The molecule has 2 nitrogen and oxygen atoms in total. The second kappa shape index (κ2) is 5.54. The van der Waals surface area contributed by atoms with Gasteiger partial charge in [-0.1, -0.05) is 37.6 Å². The Morgan fingerprint density at radius 3 is 2.53 bits per heavy atom. The quantitative estimate of drug-likeness (QED) is 0.750. The van der Waals surface area contributed by atoms with Crippen molar-refractivity contribution in [3.05, 3.63) is 34.9 Å². The van der Waals surface area contributed by atoms with Gasteiger partial charge < -0.3 is 4.74 Å². The minimum absolute atomic E-state index is 0.0285. The summed E-state index contributed by atoms with van der Waals surface area (Å²) in [6, 6.07) is 7.86. The van der Waals surface area contributed by atoms with Crippen LogP contribution in [0.15, 0.2) is 24.3 Å².